The van der Waals surface area contributed by atoms with E-state index in [1.54, 1.807) is 0 Å². The van der Waals surface area contributed by atoms with Crippen molar-refractivity contribution in [3.63, 3.8) is 0 Å². The molecule has 0 aliphatic rings. The predicted molar refractivity (Wildman–Crippen MR) is 71.9 cm³/mol. The first kappa shape index (κ1) is 12.8. The summed E-state index contributed by atoms with van der Waals surface area (Å²) in [6.07, 6.45) is 0. The van der Waals surface area contributed by atoms with E-state index in [-0.39, 0.29) is 0 Å². The van der Waals surface area contributed by atoms with Crippen LogP contribution in [0, 0.1) is 0 Å². The van der Waals surface area contributed by atoms with Crippen LogP contribution in [-0.4, -0.2) is 27.0 Å². The minimum absolute atomic E-state index is 0.393. The summed E-state index contributed by atoms with van der Waals surface area (Å²) in [5.41, 5.74) is 6.26. The zero-order valence-corrected chi connectivity index (χ0v) is 10.9. The topological polar surface area (TPSA) is 89.1 Å². The molecule has 7 heteroatoms. The number of carboxylic acids is 1. The van der Waals surface area contributed by atoms with Crippen molar-refractivity contribution >= 4 is 34.2 Å². The Morgan fingerprint density at radius 1 is 1.39 bits per heavy atom. The summed E-state index contributed by atoms with van der Waals surface area (Å²) >= 11 is 2.62. The molecule has 0 amide bonds. The quantitative estimate of drug-likeness (QED) is 0.816. The lowest BCUT2D eigenvalue weighted by atomic mass is 10.0. The Balaban J connectivity index is 2.06. The van der Waals surface area contributed by atoms with E-state index in [9.17, 15) is 9.90 Å². The number of aliphatic carboxylic acids is 1. The molecule has 0 spiro atoms. The normalized spacial score (nSPS) is 12.2. The summed E-state index contributed by atoms with van der Waals surface area (Å²) in [4.78, 5) is 11.3. The molecule has 18 heavy (non-hydrogen) atoms. The first-order valence-electron chi connectivity index (χ1n) is 5.16. The smallest absolute Gasteiger partial charge is 0.311 e. The number of carboxylic acid groups (broad SMARTS) is 1. The van der Waals surface area contributed by atoms with Crippen LogP contribution in [-0.2, 0) is 4.79 Å². The van der Waals surface area contributed by atoms with Crippen molar-refractivity contribution in [2.24, 2.45) is 0 Å². The Hall–Kier alpha value is -1.60. The number of rotatable bonds is 5. The first-order valence-corrected chi connectivity index (χ1v) is 6.96. The summed E-state index contributed by atoms with van der Waals surface area (Å²) in [6.45, 7) is 0. The van der Waals surface area contributed by atoms with Crippen molar-refractivity contribution in [2.45, 2.75) is 10.3 Å². The molecule has 2 rings (SSSR count). The van der Waals surface area contributed by atoms with E-state index >= 15 is 0 Å². The third-order valence-corrected chi connectivity index (χ3v) is 4.27. The van der Waals surface area contributed by atoms with Gasteiger partial charge in [0.2, 0.25) is 5.13 Å². The molecule has 1 aromatic carbocycles. The maximum absolute atomic E-state index is 11.3. The van der Waals surface area contributed by atoms with Gasteiger partial charge in [0.15, 0.2) is 4.34 Å². The van der Waals surface area contributed by atoms with E-state index in [0.29, 0.717) is 15.2 Å². The van der Waals surface area contributed by atoms with E-state index in [0.717, 1.165) is 5.56 Å². The van der Waals surface area contributed by atoms with Crippen molar-refractivity contribution in [3.8, 4) is 0 Å². The molecular formula is C11H11N3O2S2. The largest absolute Gasteiger partial charge is 0.481 e. The SMILES string of the molecule is Nc1nnc(SCC(C(=O)O)c2ccccc2)s1. The van der Waals surface area contributed by atoms with Gasteiger partial charge in [0.25, 0.3) is 0 Å². The Morgan fingerprint density at radius 2 is 2.11 bits per heavy atom. The van der Waals surface area contributed by atoms with Gasteiger partial charge in [-0.2, -0.15) is 0 Å². The number of nitrogens with two attached hydrogens (primary N) is 1. The molecule has 1 aromatic heterocycles. The van der Waals surface area contributed by atoms with Crippen LogP contribution in [0.4, 0.5) is 5.13 Å². The van der Waals surface area contributed by atoms with E-state index in [1.807, 2.05) is 30.3 Å². The molecule has 1 atom stereocenters. The zero-order valence-electron chi connectivity index (χ0n) is 9.31. The molecule has 0 saturated carbocycles. The molecular weight excluding hydrogens is 270 g/mol. The predicted octanol–water partition coefficient (Wildman–Crippen LogP) is 2.08. The minimum Gasteiger partial charge on any atom is -0.481 e. The molecule has 94 valence electrons. The van der Waals surface area contributed by atoms with Gasteiger partial charge in [-0.1, -0.05) is 53.4 Å². The summed E-state index contributed by atoms with van der Waals surface area (Å²) in [7, 11) is 0. The number of anilines is 1. The molecule has 3 N–H and O–H groups in total. The fourth-order valence-electron chi connectivity index (χ4n) is 1.43. The van der Waals surface area contributed by atoms with E-state index < -0.39 is 11.9 Å². The third-order valence-electron chi connectivity index (χ3n) is 2.30. The lowest BCUT2D eigenvalue weighted by Gasteiger charge is -2.10. The zero-order chi connectivity index (χ0) is 13.0. The Kier molecular flexibility index (Phi) is 4.16. The molecule has 0 aliphatic heterocycles. The summed E-state index contributed by atoms with van der Waals surface area (Å²) in [6, 6.07) is 9.15. The van der Waals surface area contributed by atoms with Gasteiger partial charge in [-0.25, -0.2) is 0 Å². The van der Waals surface area contributed by atoms with Crippen molar-refractivity contribution in [3.05, 3.63) is 35.9 Å². The van der Waals surface area contributed by atoms with Gasteiger partial charge in [-0.05, 0) is 5.56 Å². The van der Waals surface area contributed by atoms with E-state index in [1.165, 1.54) is 23.1 Å². The highest BCUT2D eigenvalue weighted by Crippen LogP contribution is 2.29. The van der Waals surface area contributed by atoms with Gasteiger partial charge < -0.3 is 10.8 Å². The number of hydrogen-bond acceptors (Lipinski definition) is 6. The van der Waals surface area contributed by atoms with Crippen LogP contribution in [0.2, 0.25) is 0 Å². The molecule has 1 heterocycles. The monoisotopic (exact) mass is 281 g/mol. The van der Waals surface area contributed by atoms with Crippen LogP contribution in [0.25, 0.3) is 0 Å². The van der Waals surface area contributed by atoms with Crippen LogP contribution >= 0.6 is 23.1 Å². The second-order valence-corrected chi connectivity index (χ2v) is 5.79. The van der Waals surface area contributed by atoms with Crippen LogP contribution in [0.1, 0.15) is 11.5 Å². The number of thioether (sulfide) groups is 1. The molecule has 0 radical (unpaired) electrons. The van der Waals surface area contributed by atoms with Gasteiger partial charge in [0.05, 0.1) is 5.92 Å². The molecule has 0 bridgehead atoms. The number of nitrogens with zero attached hydrogens (tertiary/aromatic N) is 2. The standard InChI is InChI=1S/C11H11N3O2S2/c12-10-13-14-11(18-10)17-6-8(9(15)16)7-4-2-1-3-5-7/h1-5,8H,6H2,(H2,12,13)(H,15,16). The van der Waals surface area contributed by atoms with Gasteiger partial charge in [0.1, 0.15) is 0 Å². The van der Waals surface area contributed by atoms with Crippen molar-refractivity contribution in [1.29, 1.82) is 0 Å². The number of hydrogen-bond donors (Lipinski definition) is 2. The highest BCUT2D eigenvalue weighted by Gasteiger charge is 2.20. The molecule has 5 nitrogen and oxygen atoms in total. The highest BCUT2D eigenvalue weighted by atomic mass is 32.2. The van der Waals surface area contributed by atoms with Crippen molar-refractivity contribution in [1.82, 2.24) is 10.2 Å². The van der Waals surface area contributed by atoms with E-state index in [2.05, 4.69) is 10.2 Å². The lowest BCUT2D eigenvalue weighted by molar-refractivity contribution is -0.138. The second-order valence-electron chi connectivity index (χ2n) is 3.52. The number of carbonyl (C=O) groups is 1. The van der Waals surface area contributed by atoms with Crippen LogP contribution in [0.3, 0.4) is 0 Å². The van der Waals surface area contributed by atoms with Crippen molar-refractivity contribution in [2.75, 3.05) is 11.5 Å². The van der Waals surface area contributed by atoms with Crippen molar-refractivity contribution < 1.29 is 9.90 Å². The Morgan fingerprint density at radius 3 is 2.67 bits per heavy atom. The fraction of sp³-hybridized carbons (Fsp3) is 0.182. The number of aromatic nitrogens is 2. The van der Waals surface area contributed by atoms with Gasteiger partial charge in [0, 0.05) is 5.75 Å². The molecule has 0 fully saturated rings. The minimum atomic E-state index is -0.841. The van der Waals surface area contributed by atoms with Crippen LogP contribution in [0.5, 0.6) is 0 Å². The summed E-state index contributed by atoms with van der Waals surface area (Å²) < 4.78 is 0.690. The third kappa shape index (κ3) is 3.21. The lowest BCUT2D eigenvalue weighted by Crippen LogP contribution is -2.13. The molecule has 0 aliphatic carbocycles. The summed E-state index contributed by atoms with van der Waals surface area (Å²) in [5.74, 6) is -0.985. The fourth-order valence-corrected chi connectivity index (χ4v) is 3.21. The van der Waals surface area contributed by atoms with Gasteiger partial charge >= 0.3 is 5.97 Å². The van der Waals surface area contributed by atoms with E-state index in [4.69, 9.17) is 5.73 Å². The van der Waals surface area contributed by atoms with Crippen LogP contribution < -0.4 is 5.73 Å². The molecule has 0 saturated heterocycles. The average Bonchev–Trinajstić information content (AvgIpc) is 2.76. The van der Waals surface area contributed by atoms with Gasteiger partial charge in [-0.15, -0.1) is 10.2 Å². The number of benzene rings is 1. The summed E-state index contributed by atoms with van der Waals surface area (Å²) in [5, 5.41) is 17.2. The Bertz CT molecular complexity index is 530. The number of nitrogen functional groups attached to an aromatic ring is 1. The van der Waals surface area contributed by atoms with Crippen LogP contribution in [0.15, 0.2) is 34.7 Å². The first-order chi connectivity index (χ1) is 8.66. The Labute approximate surface area is 112 Å². The molecule has 1 unspecified atom stereocenters. The second kappa shape index (κ2) is 5.83. The highest BCUT2D eigenvalue weighted by molar-refractivity contribution is 8.01. The average molecular weight is 281 g/mol. The molecule has 2 aromatic rings. The maximum Gasteiger partial charge on any atom is 0.311 e. The maximum atomic E-state index is 11.3. The van der Waals surface area contributed by atoms with Gasteiger partial charge in [-0.3, -0.25) is 4.79 Å².